The van der Waals surface area contributed by atoms with Gasteiger partial charge in [0.1, 0.15) is 11.0 Å². The fourth-order valence-corrected chi connectivity index (χ4v) is 2.53. The Kier molecular flexibility index (Phi) is 3.78. The summed E-state index contributed by atoms with van der Waals surface area (Å²) in [4.78, 5) is 7.07. The van der Waals surface area contributed by atoms with Gasteiger partial charge < -0.3 is 5.73 Å². The summed E-state index contributed by atoms with van der Waals surface area (Å²) >= 11 is 5.63. The van der Waals surface area contributed by atoms with Crippen molar-refractivity contribution < 1.29 is 12.8 Å². The van der Waals surface area contributed by atoms with Crippen molar-refractivity contribution in [2.24, 2.45) is 0 Å². The first-order valence-electron chi connectivity index (χ1n) is 5.36. The third-order valence-corrected chi connectivity index (χ3v) is 4.03. The minimum Gasteiger partial charge on any atom is -0.398 e. The number of hydrogen-bond donors (Lipinski definition) is 2. The van der Waals surface area contributed by atoms with Gasteiger partial charge in [0.25, 0.3) is 10.0 Å². The van der Waals surface area contributed by atoms with Crippen LogP contribution in [0.25, 0.3) is 0 Å². The molecule has 0 bridgehead atoms. The van der Waals surface area contributed by atoms with Crippen LogP contribution in [0.2, 0.25) is 5.15 Å². The molecular formula is C11H10ClFN4O2S. The highest BCUT2D eigenvalue weighted by atomic mass is 35.5. The molecule has 0 saturated carbocycles. The van der Waals surface area contributed by atoms with Crippen molar-refractivity contribution in [1.29, 1.82) is 0 Å². The second kappa shape index (κ2) is 5.22. The maximum atomic E-state index is 13.5. The molecule has 2 rings (SSSR count). The lowest BCUT2D eigenvalue weighted by atomic mass is 10.2. The van der Waals surface area contributed by atoms with Crippen molar-refractivity contribution in [2.45, 2.75) is 11.8 Å². The van der Waals surface area contributed by atoms with E-state index in [1.807, 2.05) is 0 Å². The number of nitrogens with two attached hydrogens (primary N) is 1. The monoisotopic (exact) mass is 316 g/mol. The van der Waals surface area contributed by atoms with Crippen molar-refractivity contribution >= 4 is 33.3 Å². The van der Waals surface area contributed by atoms with Gasteiger partial charge in [-0.15, -0.1) is 0 Å². The maximum absolute atomic E-state index is 13.5. The Balaban J connectivity index is 2.41. The van der Waals surface area contributed by atoms with Crippen LogP contribution < -0.4 is 10.5 Å². The van der Waals surface area contributed by atoms with Crippen LogP contribution in [0.1, 0.15) is 5.56 Å². The molecule has 0 radical (unpaired) electrons. The molecule has 0 aliphatic carbocycles. The molecule has 6 nitrogen and oxygen atoms in total. The normalized spacial score (nSPS) is 11.3. The van der Waals surface area contributed by atoms with Crippen molar-refractivity contribution in [3.63, 3.8) is 0 Å². The Bertz CT molecular complexity index is 744. The summed E-state index contributed by atoms with van der Waals surface area (Å²) in [7, 11) is -4.05. The van der Waals surface area contributed by atoms with Crippen LogP contribution in [0.3, 0.4) is 0 Å². The zero-order valence-corrected chi connectivity index (χ0v) is 11.8. The van der Waals surface area contributed by atoms with E-state index in [9.17, 15) is 12.8 Å². The van der Waals surface area contributed by atoms with Crippen LogP contribution >= 0.6 is 11.6 Å². The van der Waals surface area contributed by atoms with E-state index in [0.717, 1.165) is 12.1 Å². The van der Waals surface area contributed by atoms with E-state index in [0.29, 0.717) is 0 Å². The quantitative estimate of drug-likeness (QED) is 0.666. The van der Waals surface area contributed by atoms with Crippen LogP contribution in [-0.4, -0.2) is 18.4 Å². The minimum atomic E-state index is -4.05. The molecule has 0 spiro atoms. The molecule has 3 N–H and O–H groups in total. The molecule has 0 aliphatic heterocycles. The Labute approximate surface area is 119 Å². The zero-order chi connectivity index (χ0) is 14.9. The fraction of sp³-hybridized carbons (Fsp3) is 0.0909. The molecule has 2 aromatic rings. The van der Waals surface area contributed by atoms with Gasteiger partial charge >= 0.3 is 0 Å². The molecule has 20 heavy (non-hydrogen) atoms. The predicted molar refractivity (Wildman–Crippen MR) is 73.4 cm³/mol. The van der Waals surface area contributed by atoms with Crippen LogP contribution in [0.4, 0.5) is 16.0 Å². The highest BCUT2D eigenvalue weighted by molar-refractivity contribution is 7.92. The number of aromatic nitrogens is 2. The third-order valence-electron chi connectivity index (χ3n) is 2.52. The Morgan fingerprint density at radius 1 is 1.40 bits per heavy atom. The molecule has 1 heterocycles. The molecule has 0 saturated heterocycles. The van der Waals surface area contributed by atoms with Crippen molar-refractivity contribution in [3.8, 4) is 0 Å². The van der Waals surface area contributed by atoms with Gasteiger partial charge in [-0.05, 0) is 25.1 Å². The van der Waals surface area contributed by atoms with Gasteiger partial charge in [0.15, 0.2) is 0 Å². The first-order valence-corrected chi connectivity index (χ1v) is 7.23. The van der Waals surface area contributed by atoms with Gasteiger partial charge in [0.05, 0.1) is 4.90 Å². The summed E-state index contributed by atoms with van der Waals surface area (Å²) in [5.74, 6) is -0.922. The number of nitrogen functional groups attached to an aromatic ring is 1. The average molecular weight is 317 g/mol. The summed E-state index contributed by atoms with van der Waals surface area (Å²) < 4.78 is 39.8. The van der Waals surface area contributed by atoms with Crippen LogP contribution in [0.5, 0.6) is 0 Å². The zero-order valence-electron chi connectivity index (χ0n) is 10.3. The molecule has 9 heteroatoms. The first kappa shape index (κ1) is 14.5. The van der Waals surface area contributed by atoms with E-state index in [1.165, 1.54) is 19.2 Å². The standard InChI is InChI=1S/C11H10ClFN4O2S/c1-6-8(13)4-7(5-9(6)14)20(18,19)17-11-15-3-2-10(12)16-11/h2-5H,14H2,1H3,(H,15,16,17). The lowest BCUT2D eigenvalue weighted by Gasteiger charge is -2.09. The van der Waals surface area contributed by atoms with Gasteiger partial charge in [-0.1, -0.05) is 11.6 Å². The number of hydrogen-bond acceptors (Lipinski definition) is 5. The number of halogens is 2. The highest BCUT2D eigenvalue weighted by Crippen LogP contribution is 2.22. The fourth-order valence-electron chi connectivity index (χ4n) is 1.39. The smallest absolute Gasteiger partial charge is 0.264 e. The predicted octanol–water partition coefficient (Wildman–Crippen LogP) is 1.96. The number of benzene rings is 1. The third kappa shape index (κ3) is 2.97. The lowest BCUT2D eigenvalue weighted by Crippen LogP contribution is -2.16. The van der Waals surface area contributed by atoms with Crippen molar-refractivity contribution in [3.05, 3.63) is 40.9 Å². The van der Waals surface area contributed by atoms with Gasteiger partial charge in [-0.3, -0.25) is 0 Å². The largest absolute Gasteiger partial charge is 0.398 e. The summed E-state index contributed by atoms with van der Waals surface area (Å²) in [6.07, 6.45) is 1.29. The van der Waals surface area contributed by atoms with E-state index >= 15 is 0 Å². The van der Waals surface area contributed by atoms with Crippen LogP contribution in [-0.2, 0) is 10.0 Å². The molecule has 0 amide bonds. The lowest BCUT2D eigenvalue weighted by molar-refractivity contribution is 0.593. The van der Waals surface area contributed by atoms with E-state index in [2.05, 4.69) is 14.7 Å². The molecule has 0 aliphatic rings. The Morgan fingerprint density at radius 3 is 2.70 bits per heavy atom. The van der Waals surface area contributed by atoms with Crippen molar-refractivity contribution in [2.75, 3.05) is 10.5 Å². The van der Waals surface area contributed by atoms with Gasteiger partial charge in [0.2, 0.25) is 5.95 Å². The van der Waals surface area contributed by atoms with E-state index in [-0.39, 0.29) is 27.2 Å². The van der Waals surface area contributed by atoms with Crippen LogP contribution in [0.15, 0.2) is 29.3 Å². The SMILES string of the molecule is Cc1c(N)cc(S(=O)(=O)Nc2nccc(Cl)n2)cc1F. The Morgan fingerprint density at radius 2 is 2.10 bits per heavy atom. The average Bonchev–Trinajstić information content (AvgIpc) is 2.34. The summed E-state index contributed by atoms with van der Waals surface area (Å²) in [6, 6.07) is 3.42. The molecule has 0 atom stereocenters. The number of anilines is 2. The molecule has 1 aromatic heterocycles. The second-order valence-corrected chi connectivity index (χ2v) is 6.00. The van der Waals surface area contributed by atoms with E-state index in [1.54, 1.807) is 0 Å². The second-order valence-electron chi connectivity index (χ2n) is 3.93. The minimum absolute atomic E-state index is 0.0392. The maximum Gasteiger partial charge on any atom is 0.264 e. The topological polar surface area (TPSA) is 98.0 Å². The number of nitrogens with zero attached hydrogens (tertiary/aromatic N) is 2. The summed E-state index contributed by atoms with van der Waals surface area (Å²) in [6.45, 7) is 1.45. The number of rotatable bonds is 3. The molecule has 0 fully saturated rings. The highest BCUT2D eigenvalue weighted by Gasteiger charge is 2.18. The summed E-state index contributed by atoms with van der Waals surface area (Å²) in [5, 5.41) is 0.0762. The number of nitrogens with one attached hydrogen (secondary N) is 1. The first-order chi connectivity index (χ1) is 9.29. The molecular weight excluding hydrogens is 307 g/mol. The van der Waals surface area contributed by atoms with Crippen molar-refractivity contribution in [1.82, 2.24) is 9.97 Å². The van der Waals surface area contributed by atoms with Gasteiger partial charge in [0, 0.05) is 17.4 Å². The molecule has 106 valence electrons. The molecule has 1 aromatic carbocycles. The van der Waals surface area contributed by atoms with Gasteiger partial charge in [-0.2, -0.15) is 0 Å². The van der Waals surface area contributed by atoms with E-state index < -0.39 is 15.8 Å². The number of sulfonamides is 1. The molecule has 0 unspecified atom stereocenters. The van der Waals surface area contributed by atoms with E-state index in [4.69, 9.17) is 17.3 Å². The van der Waals surface area contributed by atoms with Crippen LogP contribution in [0, 0.1) is 12.7 Å². The summed E-state index contributed by atoms with van der Waals surface area (Å²) in [5.41, 5.74) is 5.77. The Hall–Kier alpha value is -1.93. The van der Waals surface area contributed by atoms with Gasteiger partial charge in [-0.25, -0.2) is 27.5 Å².